The molecule has 90 valence electrons. The number of carbonyl (C=O) groups excluding carboxylic acids is 1. The molecular formula is C11H23NO3. The number of carbonyl (C=O) groups is 1. The second-order valence-electron chi connectivity index (χ2n) is 4.32. The maximum absolute atomic E-state index is 11.2. The van der Waals surface area contributed by atoms with E-state index in [1.807, 2.05) is 27.7 Å². The number of esters is 1. The molecule has 0 rings (SSSR count). The molecule has 0 aliphatic carbocycles. The highest BCUT2D eigenvalue weighted by molar-refractivity contribution is 5.72. The normalized spacial score (nSPS) is 17.3. The van der Waals surface area contributed by atoms with E-state index in [0.29, 0.717) is 6.54 Å². The van der Waals surface area contributed by atoms with Crippen LogP contribution in [0, 0.1) is 11.8 Å². The molecule has 0 saturated heterocycles. The minimum atomic E-state index is -0.378. The zero-order valence-electron chi connectivity index (χ0n) is 10.3. The molecule has 0 spiro atoms. The predicted molar refractivity (Wildman–Crippen MR) is 59.5 cm³/mol. The molecule has 4 heteroatoms. The second-order valence-corrected chi connectivity index (χ2v) is 4.32. The summed E-state index contributed by atoms with van der Waals surface area (Å²) in [5.74, 6) is -0.207. The van der Waals surface area contributed by atoms with E-state index in [0.717, 1.165) is 0 Å². The number of hydrogen-bond donors (Lipinski definition) is 2. The third-order valence-electron chi connectivity index (χ3n) is 2.74. The fraction of sp³-hybridized carbons (Fsp3) is 0.909. The highest BCUT2D eigenvalue weighted by Crippen LogP contribution is 2.06. The topological polar surface area (TPSA) is 58.6 Å². The van der Waals surface area contributed by atoms with Gasteiger partial charge in [-0.05, 0) is 12.8 Å². The minimum Gasteiger partial charge on any atom is -0.469 e. The maximum atomic E-state index is 11.2. The molecule has 3 atom stereocenters. The minimum absolute atomic E-state index is 0.00542. The zero-order valence-corrected chi connectivity index (χ0v) is 10.3. The number of aliphatic hydroxyl groups is 1. The summed E-state index contributed by atoms with van der Waals surface area (Å²) in [4.78, 5) is 11.2. The second kappa shape index (κ2) is 6.80. The summed E-state index contributed by atoms with van der Waals surface area (Å²) in [5.41, 5.74) is 0. The lowest BCUT2D eigenvalue weighted by Gasteiger charge is -2.22. The molecule has 0 aliphatic rings. The molecule has 0 aromatic heterocycles. The number of aliphatic hydroxyl groups excluding tert-OH is 1. The molecule has 0 amide bonds. The van der Waals surface area contributed by atoms with E-state index in [1.54, 1.807) is 0 Å². The Morgan fingerprint density at radius 1 is 1.33 bits per heavy atom. The first-order valence-electron chi connectivity index (χ1n) is 5.39. The van der Waals surface area contributed by atoms with E-state index in [2.05, 4.69) is 10.1 Å². The highest BCUT2D eigenvalue weighted by atomic mass is 16.5. The van der Waals surface area contributed by atoms with Gasteiger partial charge in [0.2, 0.25) is 0 Å². The fourth-order valence-corrected chi connectivity index (χ4v) is 1.11. The monoisotopic (exact) mass is 217 g/mol. The van der Waals surface area contributed by atoms with Crippen LogP contribution in [0.25, 0.3) is 0 Å². The maximum Gasteiger partial charge on any atom is 0.309 e. The van der Waals surface area contributed by atoms with Gasteiger partial charge in [-0.15, -0.1) is 0 Å². The third-order valence-corrected chi connectivity index (χ3v) is 2.74. The lowest BCUT2D eigenvalue weighted by atomic mass is 10.0. The first-order valence-corrected chi connectivity index (χ1v) is 5.39. The molecule has 0 radical (unpaired) electrons. The molecule has 0 bridgehead atoms. The van der Waals surface area contributed by atoms with E-state index >= 15 is 0 Å². The van der Waals surface area contributed by atoms with Gasteiger partial charge in [0.15, 0.2) is 0 Å². The Morgan fingerprint density at radius 2 is 1.87 bits per heavy atom. The van der Waals surface area contributed by atoms with Crippen molar-refractivity contribution in [2.45, 2.75) is 39.8 Å². The van der Waals surface area contributed by atoms with Crippen LogP contribution in [-0.2, 0) is 9.53 Å². The van der Waals surface area contributed by atoms with Gasteiger partial charge in [-0.2, -0.15) is 0 Å². The molecule has 0 heterocycles. The first kappa shape index (κ1) is 14.4. The first-order chi connectivity index (χ1) is 6.90. The number of hydrogen-bond acceptors (Lipinski definition) is 4. The van der Waals surface area contributed by atoms with Crippen molar-refractivity contribution >= 4 is 5.97 Å². The van der Waals surface area contributed by atoms with Gasteiger partial charge in [0.25, 0.3) is 0 Å². The zero-order chi connectivity index (χ0) is 12.0. The quantitative estimate of drug-likeness (QED) is 0.646. The summed E-state index contributed by atoms with van der Waals surface area (Å²) >= 11 is 0. The largest absolute Gasteiger partial charge is 0.469 e. The van der Waals surface area contributed by atoms with Gasteiger partial charge in [-0.1, -0.05) is 20.8 Å². The average Bonchev–Trinajstić information content (AvgIpc) is 2.22. The molecule has 0 aromatic rings. The van der Waals surface area contributed by atoms with Gasteiger partial charge < -0.3 is 15.2 Å². The summed E-state index contributed by atoms with van der Waals surface area (Å²) in [6.45, 7) is 8.14. The number of ether oxygens (including phenoxy) is 1. The molecule has 0 aliphatic heterocycles. The van der Waals surface area contributed by atoms with Gasteiger partial charge in [0.05, 0.1) is 19.1 Å². The molecule has 0 aromatic carbocycles. The highest BCUT2D eigenvalue weighted by Gasteiger charge is 2.21. The number of methoxy groups -OCH3 is 1. The Hall–Kier alpha value is -0.610. The van der Waals surface area contributed by atoms with E-state index in [9.17, 15) is 9.90 Å². The summed E-state index contributed by atoms with van der Waals surface area (Å²) < 4.78 is 4.65. The van der Waals surface area contributed by atoms with Crippen LogP contribution in [0.4, 0.5) is 0 Å². The molecule has 2 N–H and O–H groups in total. The summed E-state index contributed by atoms with van der Waals surface area (Å²) in [6, 6.07) is 0.00542. The summed E-state index contributed by atoms with van der Waals surface area (Å²) in [6.07, 6.45) is -0.378. The van der Waals surface area contributed by atoms with Crippen molar-refractivity contribution in [1.29, 1.82) is 0 Å². The van der Waals surface area contributed by atoms with Crippen LogP contribution < -0.4 is 5.32 Å². The Bertz CT molecular complexity index is 194. The van der Waals surface area contributed by atoms with Crippen molar-refractivity contribution in [1.82, 2.24) is 5.32 Å². The van der Waals surface area contributed by atoms with E-state index < -0.39 is 0 Å². The van der Waals surface area contributed by atoms with Crippen LogP contribution in [0.3, 0.4) is 0 Å². The van der Waals surface area contributed by atoms with Crippen LogP contribution in [0.2, 0.25) is 0 Å². The van der Waals surface area contributed by atoms with Gasteiger partial charge in [-0.3, -0.25) is 4.79 Å². The van der Waals surface area contributed by atoms with Crippen molar-refractivity contribution in [2.24, 2.45) is 11.8 Å². The van der Waals surface area contributed by atoms with Gasteiger partial charge in [0, 0.05) is 12.6 Å². The van der Waals surface area contributed by atoms with E-state index in [1.165, 1.54) is 7.11 Å². The molecule has 3 unspecified atom stereocenters. The number of rotatable bonds is 6. The van der Waals surface area contributed by atoms with Gasteiger partial charge in [0.1, 0.15) is 0 Å². The van der Waals surface area contributed by atoms with Crippen LogP contribution in [-0.4, -0.2) is 36.9 Å². The Morgan fingerprint density at radius 3 is 2.27 bits per heavy atom. The Labute approximate surface area is 92.0 Å². The molecule has 0 saturated carbocycles. The van der Waals surface area contributed by atoms with E-state index in [-0.39, 0.29) is 30.0 Å². The summed E-state index contributed by atoms with van der Waals surface area (Å²) in [7, 11) is 1.38. The van der Waals surface area contributed by atoms with Crippen molar-refractivity contribution in [3.05, 3.63) is 0 Å². The van der Waals surface area contributed by atoms with Crippen molar-refractivity contribution in [3.63, 3.8) is 0 Å². The SMILES string of the molecule is COC(=O)C(C)C(C)NCC(O)C(C)C. The van der Waals surface area contributed by atoms with Crippen LogP contribution in [0.1, 0.15) is 27.7 Å². The van der Waals surface area contributed by atoms with Crippen LogP contribution >= 0.6 is 0 Å². The Balaban J connectivity index is 3.92. The lowest BCUT2D eigenvalue weighted by molar-refractivity contribution is -0.145. The molecular weight excluding hydrogens is 194 g/mol. The number of nitrogens with one attached hydrogen (secondary N) is 1. The molecule has 15 heavy (non-hydrogen) atoms. The van der Waals surface area contributed by atoms with Crippen molar-refractivity contribution < 1.29 is 14.6 Å². The Kier molecular flexibility index (Phi) is 6.52. The van der Waals surface area contributed by atoms with E-state index in [4.69, 9.17) is 0 Å². The lowest BCUT2D eigenvalue weighted by Crippen LogP contribution is -2.41. The van der Waals surface area contributed by atoms with Crippen LogP contribution in [0.5, 0.6) is 0 Å². The molecule has 0 fully saturated rings. The predicted octanol–water partition coefficient (Wildman–Crippen LogP) is 0.790. The summed E-state index contributed by atoms with van der Waals surface area (Å²) in [5, 5.41) is 12.7. The third kappa shape index (κ3) is 5.14. The van der Waals surface area contributed by atoms with Crippen molar-refractivity contribution in [2.75, 3.05) is 13.7 Å². The van der Waals surface area contributed by atoms with Crippen molar-refractivity contribution in [3.8, 4) is 0 Å². The van der Waals surface area contributed by atoms with Gasteiger partial charge >= 0.3 is 5.97 Å². The average molecular weight is 217 g/mol. The smallest absolute Gasteiger partial charge is 0.309 e. The van der Waals surface area contributed by atoms with Crippen LogP contribution in [0.15, 0.2) is 0 Å². The fourth-order valence-electron chi connectivity index (χ4n) is 1.11. The molecule has 4 nitrogen and oxygen atoms in total. The van der Waals surface area contributed by atoms with Gasteiger partial charge in [-0.25, -0.2) is 0 Å². The standard InChI is InChI=1S/C11H23NO3/c1-7(2)10(13)6-12-9(4)8(3)11(14)15-5/h7-10,12-13H,6H2,1-5H3.